The Morgan fingerprint density at radius 3 is 3.07 bits per heavy atom. The number of hydrogen-bond acceptors (Lipinski definition) is 4. The van der Waals surface area contributed by atoms with E-state index in [0.717, 1.165) is 17.0 Å². The van der Waals surface area contributed by atoms with Gasteiger partial charge in [0.2, 0.25) is 5.95 Å². The summed E-state index contributed by atoms with van der Waals surface area (Å²) in [5, 5.41) is 12.4. The molecule has 0 radical (unpaired) electrons. The fraction of sp³-hybridized carbons (Fsp3) is 0.300. The van der Waals surface area contributed by atoms with Crippen molar-refractivity contribution in [3.05, 3.63) is 18.2 Å². The maximum atomic E-state index is 9.32. The Hall–Kier alpha value is -1.75. The quantitative estimate of drug-likeness (QED) is 0.689. The molecule has 5 heteroatoms. The molecule has 0 aliphatic rings. The van der Waals surface area contributed by atoms with Gasteiger partial charge in [-0.2, -0.15) is 0 Å². The Morgan fingerprint density at radius 1 is 1.53 bits per heavy atom. The number of phenols is 1. The Labute approximate surface area is 87.5 Å². The van der Waals surface area contributed by atoms with Crippen LogP contribution < -0.4 is 11.1 Å². The number of nitrogens with two attached hydrogens (primary N) is 1. The second-order valence-electron chi connectivity index (χ2n) is 3.38. The van der Waals surface area contributed by atoms with Gasteiger partial charge >= 0.3 is 0 Å². The number of anilines is 1. The monoisotopic (exact) mass is 206 g/mol. The van der Waals surface area contributed by atoms with Gasteiger partial charge in [0, 0.05) is 26.2 Å². The van der Waals surface area contributed by atoms with Crippen LogP contribution >= 0.6 is 0 Å². The van der Waals surface area contributed by atoms with Gasteiger partial charge in [-0.1, -0.05) is 0 Å². The maximum absolute atomic E-state index is 9.32. The van der Waals surface area contributed by atoms with E-state index < -0.39 is 0 Å². The molecule has 0 saturated carbocycles. The normalized spacial score (nSPS) is 10.8. The van der Waals surface area contributed by atoms with Gasteiger partial charge in [-0.3, -0.25) is 0 Å². The van der Waals surface area contributed by atoms with E-state index in [4.69, 9.17) is 5.73 Å². The van der Waals surface area contributed by atoms with Crippen LogP contribution in [0.3, 0.4) is 0 Å². The van der Waals surface area contributed by atoms with Crippen molar-refractivity contribution in [3.63, 3.8) is 0 Å². The minimum absolute atomic E-state index is 0.228. The van der Waals surface area contributed by atoms with Crippen LogP contribution in [0.5, 0.6) is 5.75 Å². The van der Waals surface area contributed by atoms with E-state index in [9.17, 15) is 5.11 Å². The first-order valence-corrected chi connectivity index (χ1v) is 4.82. The maximum Gasteiger partial charge on any atom is 0.203 e. The van der Waals surface area contributed by atoms with Crippen molar-refractivity contribution in [2.45, 2.75) is 0 Å². The van der Waals surface area contributed by atoms with Crippen molar-refractivity contribution < 1.29 is 5.11 Å². The fourth-order valence-electron chi connectivity index (χ4n) is 1.53. The molecular weight excluding hydrogens is 192 g/mol. The summed E-state index contributed by atoms with van der Waals surface area (Å²) < 4.78 is 1.93. The SMILES string of the molecule is Cn1c(NCCN)nc2cc(O)ccc21. The van der Waals surface area contributed by atoms with Crippen LogP contribution in [-0.2, 0) is 7.05 Å². The molecule has 0 bridgehead atoms. The molecule has 0 saturated heterocycles. The second-order valence-corrected chi connectivity index (χ2v) is 3.38. The number of hydrogen-bond donors (Lipinski definition) is 3. The molecule has 0 fully saturated rings. The van der Waals surface area contributed by atoms with Crippen LogP contribution in [0.4, 0.5) is 5.95 Å². The van der Waals surface area contributed by atoms with Gasteiger partial charge in [0.15, 0.2) is 0 Å². The van der Waals surface area contributed by atoms with Crippen molar-refractivity contribution in [1.82, 2.24) is 9.55 Å². The van der Waals surface area contributed by atoms with Gasteiger partial charge in [0.1, 0.15) is 5.75 Å². The third kappa shape index (κ3) is 1.73. The van der Waals surface area contributed by atoms with Gasteiger partial charge in [-0.15, -0.1) is 0 Å². The van der Waals surface area contributed by atoms with Crippen LogP contribution in [0.1, 0.15) is 0 Å². The van der Waals surface area contributed by atoms with Crippen molar-refractivity contribution in [1.29, 1.82) is 0 Å². The lowest BCUT2D eigenvalue weighted by Gasteiger charge is -2.03. The average Bonchev–Trinajstić information content (AvgIpc) is 2.52. The smallest absolute Gasteiger partial charge is 0.203 e. The molecule has 0 amide bonds. The molecule has 1 aromatic heterocycles. The highest BCUT2D eigenvalue weighted by Gasteiger charge is 2.06. The van der Waals surface area contributed by atoms with Crippen LogP contribution in [0.25, 0.3) is 11.0 Å². The number of phenolic OH excluding ortho intramolecular Hbond substituents is 1. The molecule has 2 aromatic rings. The van der Waals surface area contributed by atoms with E-state index in [0.29, 0.717) is 13.1 Å². The third-order valence-corrected chi connectivity index (χ3v) is 2.29. The average molecular weight is 206 g/mol. The molecule has 2 rings (SSSR count). The number of imidazole rings is 1. The minimum Gasteiger partial charge on any atom is -0.508 e. The molecule has 1 heterocycles. The Balaban J connectivity index is 2.44. The largest absolute Gasteiger partial charge is 0.508 e. The first-order chi connectivity index (χ1) is 7.22. The van der Waals surface area contributed by atoms with Crippen LogP contribution in [-0.4, -0.2) is 27.7 Å². The van der Waals surface area contributed by atoms with E-state index in [1.54, 1.807) is 12.1 Å². The number of aromatic nitrogens is 2. The first-order valence-electron chi connectivity index (χ1n) is 4.82. The molecule has 0 atom stereocenters. The van der Waals surface area contributed by atoms with Gasteiger partial charge < -0.3 is 20.7 Å². The standard InChI is InChI=1S/C10H14N4O/c1-14-9-3-2-7(15)6-8(9)13-10(14)12-5-4-11/h2-3,6,15H,4-5,11H2,1H3,(H,12,13). The summed E-state index contributed by atoms with van der Waals surface area (Å²) in [5.41, 5.74) is 7.16. The molecule has 0 spiro atoms. The Morgan fingerprint density at radius 2 is 2.33 bits per heavy atom. The Kier molecular flexibility index (Phi) is 2.47. The summed E-state index contributed by atoms with van der Waals surface area (Å²) in [4.78, 5) is 4.35. The predicted molar refractivity (Wildman–Crippen MR) is 59.9 cm³/mol. The molecule has 80 valence electrons. The number of nitrogens with one attached hydrogen (secondary N) is 1. The molecule has 1 aromatic carbocycles. The molecule has 4 N–H and O–H groups in total. The molecule has 0 aliphatic heterocycles. The second kappa shape index (κ2) is 3.78. The van der Waals surface area contributed by atoms with E-state index >= 15 is 0 Å². The van der Waals surface area contributed by atoms with Crippen LogP contribution in [0.15, 0.2) is 18.2 Å². The summed E-state index contributed by atoms with van der Waals surface area (Å²) in [7, 11) is 1.92. The fourth-order valence-corrected chi connectivity index (χ4v) is 1.53. The lowest BCUT2D eigenvalue weighted by atomic mass is 10.3. The van der Waals surface area contributed by atoms with Gasteiger partial charge in [0.25, 0.3) is 0 Å². The first kappa shape index (κ1) is 9.79. The minimum atomic E-state index is 0.228. The highest BCUT2D eigenvalue weighted by atomic mass is 16.3. The molecule has 5 nitrogen and oxygen atoms in total. The molecule has 0 aliphatic carbocycles. The summed E-state index contributed by atoms with van der Waals surface area (Å²) in [6, 6.07) is 5.13. The lowest BCUT2D eigenvalue weighted by molar-refractivity contribution is 0.476. The molecular formula is C10H14N4O. The highest BCUT2D eigenvalue weighted by Crippen LogP contribution is 2.21. The number of aromatic hydroxyl groups is 1. The number of nitrogens with zero attached hydrogens (tertiary/aromatic N) is 2. The van der Waals surface area contributed by atoms with Crippen LogP contribution in [0.2, 0.25) is 0 Å². The Bertz CT molecular complexity index is 477. The highest BCUT2D eigenvalue weighted by molar-refractivity contribution is 5.80. The van der Waals surface area contributed by atoms with E-state index in [-0.39, 0.29) is 5.75 Å². The number of rotatable bonds is 3. The zero-order valence-corrected chi connectivity index (χ0v) is 8.57. The zero-order valence-electron chi connectivity index (χ0n) is 8.57. The number of aryl methyl sites for hydroxylation is 1. The van der Waals surface area contributed by atoms with Crippen molar-refractivity contribution >= 4 is 17.0 Å². The van der Waals surface area contributed by atoms with Crippen molar-refractivity contribution in [2.75, 3.05) is 18.4 Å². The molecule has 0 unspecified atom stereocenters. The summed E-state index contributed by atoms with van der Waals surface area (Å²) in [6.07, 6.45) is 0. The summed E-state index contributed by atoms with van der Waals surface area (Å²) in [6.45, 7) is 1.25. The van der Waals surface area contributed by atoms with Gasteiger partial charge in [-0.25, -0.2) is 4.98 Å². The lowest BCUT2D eigenvalue weighted by Crippen LogP contribution is -2.15. The summed E-state index contributed by atoms with van der Waals surface area (Å²) >= 11 is 0. The number of benzene rings is 1. The zero-order chi connectivity index (χ0) is 10.8. The predicted octanol–water partition coefficient (Wildman–Crippen LogP) is 0.649. The topological polar surface area (TPSA) is 76.1 Å². The van der Waals surface area contributed by atoms with E-state index in [2.05, 4.69) is 10.3 Å². The van der Waals surface area contributed by atoms with Crippen molar-refractivity contribution in [2.24, 2.45) is 12.8 Å². The van der Waals surface area contributed by atoms with Crippen LogP contribution in [0, 0.1) is 0 Å². The van der Waals surface area contributed by atoms with E-state index in [1.807, 2.05) is 17.7 Å². The van der Waals surface area contributed by atoms with E-state index in [1.165, 1.54) is 0 Å². The third-order valence-electron chi connectivity index (χ3n) is 2.29. The summed E-state index contributed by atoms with van der Waals surface area (Å²) in [5.74, 6) is 0.993. The number of fused-ring (bicyclic) bond motifs is 1. The van der Waals surface area contributed by atoms with Gasteiger partial charge in [-0.05, 0) is 12.1 Å². The van der Waals surface area contributed by atoms with Gasteiger partial charge in [0.05, 0.1) is 11.0 Å². The van der Waals surface area contributed by atoms with Crippen molar-refractivity contribution in [3.8, 4) is 5.75 Å². The molecule has 15 heavy (non-hydrogen) atoms.